The Labute approximate surface area is 206 Å². The van der Waals surface area contributed by atoms with E-state index in [0.29, 0.717) is 17.4 Å². The van der Waals surface area contributed by atoms with Crippen molar-refractivity contribution in [3.8, 4) is 11.1 Å². The van der Waals surface area contributed by atoms with Crippen LogP contribution in [0.5, 0.6) is 0 Å². The van der Waals surface area contributed by atoms with Crippen LogP contribution in [0.15, 0.2) is 89.8 Å². The Hall–Kier alpha value is -3.42. The fraction of sp³-hybridized carbons (Fsp3) is 0.250. The predicted octanol–water partition coefficient (Wildman–Crippen LogP) is 4.76. The second kappa shape index (κ2) is 10.1. The molecule has 3 aromatic carbocycles. The topological polar surface area (TPSA) is 71.4 Å². The average Bonchev–Trinajstić information content (AvgIpc) is 3.30. The van der Waals surface area contributed by atoms with Gasteiger partial charge in [-0.05, 0) is 67.4 Å². The number of piperidine rings is 1. The van der Waals surface area contributed by atoms with Crippen LogP contribution in [0.1, 0.15) is 29.8 Å². The molecule has 4 aromatic rings. The fourth-order valence-corrected chi connectivity index (χ4v) is 6.25. The quantitative estimate of drug-likeness (QED) is 0.408. The normalized spacial score (nSPS) is 14.7. The summed E-state index contributed by atoms with van der Waals surface area (Å²) >= 11 is 0. The Morgan fingerprint density at radius 3 is 2.20 bits per heavy atom. The van der Waals surface area contributed by atoms with Crippen LogP contribution in [0.3, 0.4) is 0 Å². The summed E-state index contributed by atoms with van der Waals surface area (Å²) in [6.07, 6.45) is 3.62. The summed E-state index contributed by atoms with van der Waals surface area (Å²) in [4.78, 5) is 15.8. The van der Waals surface area contributed by atoms with Gasteiger partial charge < -0.3 is 10.2 Å². The number of aromatic nitrogens is 1. The minimum absolute atomic E-state index is 0.118. The highest BCUT2D eigenvalue weighted by molar-refractivity contribution is 7.90. The molecule has 1 aromatic heterocycles. The first kappa shape index (κ1) is 23.3. The van der Waals surface area contributed by atoms with E-state index in [2.05, 4.69) is 10.2 Å². The van der Waals surface area contributed by atoms with E-state index >= 15 is 0 Å². The van der Waals surface area contributed by atoms with Crippen molar-refractivity contribution in [1.82, 2.24) is 14.2 Å². The lowest BCUT2D eigenvalue weighted by Crippen LogP contribution is -2.38. The number of carbonyl (C=O) groups excluding carboxylic acids is 1. The van der Waals surface area contributed by atoms with E-state index in [1.54, 1.807) is 42.5 Å². The van der Waals surface area contributed by atoms with E-state index < -0.39 is 10.0 Å². The third-order valence-electron chi connectivity index (χ3n) is 6.54. The van der Waals surface area contributed by atoms with Crippen LogP contribution in [0.25, 0.3) is 22.0 Å². The van der Waals surface area contributed by atoms with E-state index in [4.69, 9.17) is 0 Å². The summed E-state index contributed by atoms with van der Waals surface area (Å²) in [7, 11) is -3.98. The monoisotopic (exact) mass is 487 g/mol. The van der Waals surface area contributed by atoms with Crippen LogP contribution in [-0.2, 0) is 10.0 Å². The number of likely N-dealkylation sites (tertiary alicyclic amines) is 1. The van der Waals surface area contributed by atoms with Crippen LogP contribution in [0.4, 0.5) is 0 Å². The van der Waals surface area contributed by atoms with Crippen molar-refractivity contribution in [2.45, 2.75) is 24.2 Å². The minimum Gasteiger partial charge on any atom is -0.349 e. The molecule has 35 heavy (non-hydrogen) atoms. The Balaban J connectivity index is 1.53. The molecule has 1 aliphatic rings. The zero-order valence-corrected chi connectivity index (χ0v) is 20.4. The highest BCUT2D eigenvalue weighted by Crippen LogP contribution is 2.30. The van der Waals surface area contributed by atoms with Gasteiger partial charge in [0.1, 0.15) is 5.69 Å². The maximum absolute atomic E-state index is 13.7. The zero-order valence-electron chi connectivity index (χ0n) is 19.6. The van der Waals surface area contributed by atoms with Gasteiger partial charge in [-0.3, -0.25) is 4.79 Å². The van der Waals surface area contributed by atoms with E-state index in [0.717, 1.165) is 30.8 Å². The van der Waals surface area contributed by atoms with E-state index in [1.165, 1.54) is 23.2 Å². The number of fused-ring (bicyclic) bond motifs is 1. The van der Waals surface area contributed by atoms with Crippen LogP contribution < -0.4 is 5.32 Å². The fourth-order valence-electron chi connectivity index (χ4n) is 4.72. The van der Waals surface area contributed by atoms with Crippen LogP contribution >= 0.6 is 0 Å². The van der Waals surface area contributed by atoms with Crippen molar-refractivity contribution >= 4 is 26.8 Å². The van der Waals surface area contributed by atoms with Gasteiger partial charge in [-0.25, -0.2) is 12.4 Å². The zero-order chi connectivity index (χ0) is 24.3. The molecule has 7 heteroatoms. The number of nitrogens with zero attached hydrogens (tertiary/aromatic N) is 2. The van der Waals surface area contributed by atoms with Crippen molar-refractivity contribution < 1.29 is 13.2 Å². The molecule has 1 amide bonds. The summed E-state index contributed by atoms with van der Waals surface area (Å²) in [5, 5.41) is 3.65. The molecule has 0 atom stereocenters. The average molecular weight is 488 g/mol. The molecule has 5 rings (SSSR count). The molecular weight excluding hydrogens is 458 g/mol. The molecule has 1 fully saturated rings. The minimum atomic E-state index is -3.98. The second-order valence-corrected chi connectivity index (χ2v) is 10.7. The number of hydrogen-bond acceptors (Lipinski definition) is 4. The van der Waals surface area contributed by atoms with Gasteiger partial charge in [-0.1, -0.05) is 61.0 Å². The standard InChI is InChI=1S/C28H29N3O3S/c32-28(29-16-19-30-17-8-3-9-18-30)27-21-24-20-23(22-10-4-1-5-11-22)14-15-26(24)31(27)35(33,34)25-12-6-2-7-13-25/h1-2,4-7,10-15,20-21H,3,8-9,16-19H2,(H,29,32). The van der Waals surface area contributed by atoms with Gasteiger partial charge in [0, 0.05) is 18.5 Å². The Kier molecular flexibility index (Phi) is 6.70. The highest BCUT2D eigenvalue weighted by Gasteiger charge is 2.26. The highest BCUT2D eigenvalue weighted by atomic mass is 32.2. The lowest BCUT2D eigenvalue weighted by Gasteiger charge is -2.26. The number of amides is 1. The first-order valence-corrected chi connectivity index (χ1v) is 13.5. The van der Waals surface area contributed by atoms with Crippen LogP contribution in [-0.4, -0.2) is 49.4 Å². The van der Waals surface area contributed by atoms with Gasteiger partial charge in [0.2, 0.25) is 0 Å². The largest absolute Gasteiger partial charge is 0.349 e. The molecular formula is C28H29N3O3S. The van der Waals surface area contributed by atoms with Crippen molar-refractivity contribution in [3.63, 3.8) is 0 Å². The molecule has 6 nitrogen and oxygen atoms in total. The lowest BCUT2D eigenvalue weighted by molar-refractivity contribution is 0.0941. The van der Waals surface area contributed by atoms with Gasteiger partial charge in [0.25, 0.3) is 15.9 Å². The summed E-state index contributed by atoms with van der Waals surface area (Å²) in [5.74, 6) is -0.390. The predicted molar refractivity (Wildman–Crippen MR) is 139 cm³/mol. The molecule has 0 radical (unpaired) electrons. The van der Waals surface area contributed by atoms with Gasteiger partial charge in [0.15, 0.2) is 0 Å². The number of hydrogen-bond donors (Lipinski definition) is 1. The molecule has 0 unspecified atom stereocenters. The first-order valence-electron chi connectivity index (χ1n) is 12.1. The van der Waals surface area contributed by atoms with Crippen LogP contribution in [0.2, 0.25) is 0 Å². The first-order chi connectivity index (χ1) is 17.0. The Bertz CT molecular complexity index is 1420. The van der Waals surface area contributed by atoms with E-state index in [1.807, 2.05) is 42.5 Å². The van der Waals surface area contributed by atoms with Gasteiger partial charge in [-0.2, -0.15) is 0 Å². The number of rotatable bonds is 7. The maximum atomic E-state index is 13.7. The van der Waals surface area contributed by atoms with E-state index in [-0.39, 0.29) is 16.5 Å². The Morgan fingerprint density at radius 2 is 1.49 bits per heavy atom. The maximum Gasteiger partial charge on any atom is 0.269 e. The SMILES string of the molecule is O=C(NCCN1CCCCC1)c1cc2cc(-c3ccccc3)ccc2n1S(=O)(=O)c1ccccc1. The molecule has 0 bridgehead atoms. The smallest absolute Gasteiger partial charge is 0.269 e. The molecule has 0 spiro atoms. The van der Waals surface area contributed by atoms with Gasteiger partial charge >= 0.3 is 0 Å². The number of benzene rings is 3. The summed E-state index contributed by atoms with van der Waals surface area (Å²) in [6.45, 7) is 3.32. The van der Waals surface area contributed by atoms with Crippen LogP contribution in [0, 0.1) is 0 Å². The molecule has 180 valence electrons. The lowest BCUT2D eigenvalue weighted by atomic mass is 10.0. The summed E-state index contributed by atoms with van der Waals surface area (Å²) < 4.78 is 28.6. The second-order valence-electron chi connectivity index (χ2n) is 8.91. The summed E-state index contributed by atoms with van der Waals surface area (Å²) in [6, 6.07) is 25.4. The molecule has 1 aliphatic heterocycles. The summed E-state index contributed by atoms with van der Waals surface area (Å²) in [5.41, 5.74) is 2.59. The van der Waals surface area contributed by atoms with Crippen molar-refractivity contribution in [2.24, 2.45) is 0 Å². The van der Waals surface area contributed by atoms with Gasteiger partial charge in [-0.15, -0.1) is 0 Å². The van der Waals surface area contributed by atoms with Crippen molar-refractivity contribution in [1.29, 1.82) is 0 Å². The third-order valence-corrected chi connectivity index (χ3v) is 8.28. The molecule has 1 saturated heterocycles. The molecule has 0 aliphatic carbocycles. The molecule has 1 N–H and O–H groups in total. The number of nitrogens with one attached hydrogen (secondary N) is 1. The number of carbonyl (C=O) groups is 1. The van der Waals surface area contributed by atoms with E-state index in [9.17, 15) is 13.2 Å². The Morgan fingerprint density at radius 1 is 0.800 bits per heavy atom. The molecule has 0 saturated carbocycles. The third kappa shape index (κ3) is 4.88. The molecule has 2 heterocycles. The van der Waals surface area contributed by atoms with Crippen molar-refractivity contribution in [3.05, 3.63) is 90.6 Å². The van der Waals surface area contributed by atoms with Gasteiger partial charge in [0.05, 0.1) is 10.4 Å². The van der Waals surface area contributed by atoms with Crippen molar-refractivity contribution in [2.75, 3.05) is 26.2 Å².